The van der Waals surface area contributed by atoms with E-state index in [1.807, 2.05) is 0 Å². The van der Waals surface area contributed by atoms with E-state index in [0.717, 1.165) is 32.9 Å². The molecule has 4 rings (SSSR count). The topological polar surface area (TPSA) is 234 Å². The molecule has 2 amide bonds. The van der Waals surface area contributed by atoms with E-state index < -0.39 is 40.6 Å². The van der Waals surface area contributed by atoms with E-state index in [9.17, 15) is 29.4 Å². The Hall–Kier alpha value is -1.71. The largest absolute Gasteiger partial charge is 1.00 e. The van der Waals surface area contributed by atoms with Gasteiger partial charge in [-0.3, -0.25) is 19.3 Å². The molecule has 0 saturated carbocycles. The van der Waals surface area contributed by atoms with Crippen molar-refractivity contribution >= 4 is 63.7 Å². The van der Waals surface area contributed by atoms with Crippen LogP contribution in [0.15, 0.2) is 26.4 Å². The molecule has 1 fully saturated rings. The van der Waals surface area contributed by atoms with Gasteiger partial charge in [0.05, 0.1) is 17.5 Å². The van der Waals surface area contributed by atoms with Crippen molar-refractivity contribution in [2.24, 2.45) is 12.2 Å². The molecule has 2 aliphatic heterocycles. The third-order valence-corrected chi connectivity index (χ3v) is 7.94. The molecule has 196 valence electrons. The summed E-state index contributed by atoms with van der Waals surface area (Å²) < 4.78 is 5.05. The van der Waals surface area contributed by atoms with Gasteiger partial charge in [0, 0.05) is 30.1 Å². The van der Waals surface area contributed by atoms with Crippen LogP contribution in [0.4, 0.5) is 5.13 Å². The number of β-lactam (4-membered cyclic amide) rings is 1. The Labute approximate surface area is 277 Å². The monoisotopic (exact) mass is 613 g/mol. The summed E-state index contributed by atoms with van der Waals surface area (Å²) in [5, 5.41) is 32.5. The number of carbonyl (C=O) groups excluding carboxylic acids is 3. The zero-order valence-electron chi connectivity index (χ0n) is 21.1. The molecule has 4 heterocycles. The number of nitrogens with one attached hydrogen (secondary N) is 1. The summed E-state index contributed by atoms with van der Waals surface area (Å²) in [7, 11) is 1.42. The number of aliphatic carboxylic acids is 1. The molecule has 0 aliphatic carbocycles. The van der Waals surface area contributed by atoms with Gasteiger partial charge in [0.1, 0.15) is 18.0 Å². The summed E-state index contributed by atoms with van der Waals surface area (Å²) in [6.45, 7) is 1.81. The van der Waals surface area contributed by atoms with Crippen molar-refractivity contribution in [2.75, 3.05) is 23.8 Å². The number of rotatable bonds is 9. The first kappa shape index (κ1) is 33.5. The predicted octanol–water partition coefficient (Wildman–Crippen LogP) is -9.37. The number of hydrogen-bond donors (Lipinski definition) is 2. The molecule has 21 heteroatoms. The molecule has 0 spiro atoms. The molecular weight excluding hydrogens is 596 g/mol. The standard InChI is InChI=1S/C18H19N9O7S3.2Na/c1-3-34-24-7(10-21-17(19)37-25-10)11(28)20-8-14(31)27-9(16(32)33)6(4-35-15(8)27)5-36-18-22-12(29)13(30)23-26(18)2;;/h8,15H,3-5H2,1-2H3,(H,20,28)(H,23,30)(H,32,33)(H2,19,21,25);;/q;2*+1/p-2/t8?,15-;;/m1../s1. The van der Waals surface area contributed by atoms with E-state index in [4.69, 9.17) is 10.6 Å². The Morgan fingerprint density at radius 3 is 2.64 bits per heavy atom. The van der Waals surface area contributed by atoms with Crippen LogP contribution in [0.5, 0.6) is 5.88 Å². The maximum absolute atomic E-state index is 12.9. The number of thioether (sulfide) groups is 2. The van der Waals surface area contributed by atoms with Crippen LogP contribution in [0.2, 0.25) is 0 Å². The summed E-state index contributed by atoms with van der Waals surface area (Å²) in [5.41, 5.74) is 4.27. The smallest absolute Gasteiger partial charge is 0.854 e. The molecule has 2 atom stereocenters. The van der Waals surface area contributed by atoms with Gasteiger partial charge in [-0.1, -0.05) is 16.9 Å². The van der Waals surface area contributed by atoms with Crippen LogP contribution >= 0.6 is 35.1 Å². The second-order valence-electron chi connectivity index (χ2n) is 7.33. The Kier molecular flexibility index (Phi) is 12.3. The average molecular weight is 614 g/mol. The Bertz CT molecular complexity index is 1400. The molecule has 1 unspecified atom stereocenters. The van der Waals surface area contributed by atoms with E-state index in [1.54, 1.807) is 6.92 Å². The minimum atomic E-state index is -1.57. The maximum Gasteiger partial charge on any atom is 1.00 e. The van der Waals surface area contributed by atoms with Gasteiger partial charge < -0.3 is 30.9 Å². The number of carboxylic acids is 1. The van der Waals surface area contributed by atoms with Gasteiger partial charge in [-0.2, -0.15) is 19.4 Å². The Morgan fingerprint density at radius 2 is 2.03 bits per heavy atom. The first-order valence-electron chi connectivity index (χ1n) is 10.4. The number of carbonyl (C=O) groups is 3. The number of oxime groups is 1. The van der Waals surface area contributed by atoms with Gasteiger partial charge in [-0.15, -0.1) is 11.8 Å². The van der Waals surface area contributed by atoms with Crippen LogP contribution in [-0.4, -0.2) is 82.0 Å². The van der Waals surface area contributed by atoms with E-state index >= 15 is 0 Å². The molecule has 2 aromatic heterocycles. The summed E-state index contributed by atoms with van der Waals surface area (Å²) in [6.07, 6.45) is 0. The molecular formula is C18H17N9Na2O7S3. The van der Waals surface area contributed by atoms with Crippen LogP contribution < -0.4 is 85.9 Å². The van der Waals surface area contributed by atoms with Gasteiger partial charge in [-0.05, 0) is 12.5 Å². The number of nitrogen functional groups attached to an aromatic ring is 1. The third-order valence-electron chi connectivity index (χ3n) is 4.95. The van der Waals surface area contributed by atoms with Crippen LogP contribution in [-0.2, 0) is 26.3 Å². The Morgan fingerprint density at radius 1 is 1.31 bits per heavy atom. The van der Waals surface area contributed by atoms with Gasteiger partial charge >= 0.3 is 59.1 Å². The van der Waals surface area contributed by atoms with Crippen molar-refractivity contribution in [3.8, 4) is 5.88 Å². The Balaban J connectivity index is 0.00000267. The van der Waals surface area contributed by atoms with E-state index in [0.29, 0.717) is 5.57 Å². The minimum absolute atomic E-state index is 0. The van der Waals surface area contributed by atoms with E-state index in [-0.39, 0.29) is 105 Å². The fraction of sp³-hybridized carbons (Fsp3) is 0.389. The average Bonchev–Trinajstić information content (AvgIpc) is 3.29. The van der Waals surface area contributed by atoms with Gasteiger partial charge in [0.2, 0.25) is 11.5 Å². The van der Waals surface area contributed by atoms with Crippen molar-refractivity contribution in [3.63, 3.8) is 0 Å². The maximum atomic E-state index is 12.9. The summed E-state index contributed by atoms with van der Waals surface area (Å²) in [6, 6.07) is -1.06. The molecule has 2 aromatic rings. The second-order valence-corrected chi connectivity index (χ2v) is 10.2. The zero-order valence-corrected chi connectivity index (χ0v) is 27.5. The summed E-state index contributed by atoms with van der Waals surface area (Å²) >= 11 is 3.05. The first-order valence-corrected chi connectivity index (χ1v) is 13.2. The van der Waals surface area contributed by atoms with Gasteiger partial charge in [0.25, 0.3) is 17.4 Å². The molecule has 0 bridgehead atoms. The third kappa shape index (κ3) is 7.14. The number of hydrogen-bond acceptors (Lipinski definition) is 16. The normalized spacial score (nSPS) is 18.4. The predicted molar refractivity (Wildman–Crippen MR) is 127 cm³/mol. The SMILES string of the molecule is CCON=C(C(=O)NC1C(=O)N2C(C(=O)[O-])=C(CSc3nc(=O)c([O-])nn3C)CS[C@H]12)c1nsc(N)n1.[Na+].[Na+]. The second kappa shape index (κ2) is 14.3. The molecule has 0 radical (unpaired) electrons. The summed E-state index contributed by atoms with van der Waals surface area (Å²) in [4.78, 5) is 62.8. The molecule has 2 aliphatic rings. The van der Waals surface area contributed by atoms with Crippen LogP contribution in [0.25, 0.3) is 0 Å². The van der Waals surface area contributed by atoms with Crippen LogP contribution in [0, 0.1) is 0 Å². The first-order chi connectivity index (χ1) is 17.6. The zero-order chi connectivity index (χ0) is 26.9. The van der Waals surface area contributed by atoms with Crippen LogP contribution in [0.1, 0.15) is 12.7 Å². The van der Waals surface area contributed by atoms with Crippen molar-refractivity contribution in [2.45, 2.75) is 23.5 Å². The van der Waals surface area contributed by atoms with E-state index in [1.165, 1.54) is 18.8 Å². The number of carboxylic acid groups (broad SMARTS) is 1. The molecule has 3 N–H and O–H groups in total. The molecule has 16 nitrogen and oxygen atoms in total. The van der Waals surface area contributed by atoms with E-state index in [2.05, 4.69) is 29.9 Å². The molecule has 1 saturated heterocycles. The molecule has 0 aromatic carbocycles. The number of amides is 2. The number of aromatic nitrogens is 5. The fourth-order valence-electron chi connectivity index (χ4n) is 3.34. The minimum Gasteiger partial charge on any atom is -0.854 e. The number of fused-ring (bicyclic) bond motifs is 1. The number of nitrogens with zero attached hydrogens (tertiary/aromatic N) is 7. The quantitative estimate of drug-likeness (QED) is 0.0879. The van der Waals surface area contributed by atoms with Crippen molar-refractivity contribution in [3.05, 3.63) is 27.4 Å². The number of aryl methyl sites for hydroxylation is 1. The van der Waals surface area contributed by atoms with Crippen molar-refractivity contribution in [1.29, 1.82) is 0 Å². The fourth-order valence-corrected chi connectivity index (χ4v) is 6.17. The molecule has 39 heavy (non-hydrogen) atoms. The van der Waals surface area contributed by atoms with Gasteiger partial charge in [-0.25, -0.2) is 4.68 Å². The van der Waals surface area contributed by atoms with Crippen molar-refractivity contribution in [1.82, 2.24) is 34.3 Å². The summed E-state index contributed by atoms with van der Waals surface area (Å²) in [5.74, 6) is -3.92. The van der Waals surface area contributed by atoms with Crippen LogP contribution in [0.3, 0.4) is 0 Å². The van der Waals surface area contributed by atoms with Gasteiger partial charge in [0.15, 0.2) is 10.3 Å². The number of nitrogens with two attached hydrogens (primary N) is 1. The van der Waals surface area contributed by atoms with Crippen molar-refractivity contribution < 1.29 is 88.5 Å². The number of anilines is 1.